The molecule has 2 saturated carbocycles. The second-order valence-corrected chi connectivity index (χ2v) is 8.16. The molecule has 1 heterocycles. The Morgan fingerprint density at radius 2 is 1.65 bits per heavy atom. The summed E-state index contributed by atoms with van der Waals surface area (Å²) < 4.78 is 5.40. The highest BCUT2D eigenvalue weighted by Crippen LogP contribution is 2.30. The number of nitrogens with zero attached hydrogens (tertiary/aromatic N) is 1. The van der Waals surface area contributed by atoms with Crippen LogP contribution in [0.5, 0.6) is 0 Å². The topological polar surface area (TPSA) is 75.7 Å². The van der Waals surface area contributed by atoms with Crippen molar-refractivity contribution >= 4 is 17.8 Å². The van der Waals surface area contributed by atoms with Crippen molar-refractivity contribution in [1.29, 1.82) is 0 Å². The maximum absolute atomic E-state index is 12.4. The summed E-state index contributed by atoms with van der Waals surface area (Å²) in [5.41, 5.74) is 0. The Labute approximate surface area is 156 Å². The minimum absolute atomic E-state index is 0.0504. The molecule has 3 aliphatic rings. The first-order chi connectivity index (χ1) is 12.5. The van der Waals surface area contributed by atoms with Gasteiger partial charge in [-0.1, -0.05) is 38.5 Å². The van der Waals surface area contributed by atoms with Crippen molar-refractivity contribution in [3.63, 3.8) is 0 Å². The maximum Gasteiger partial charge on any atom is 0.312 e. The Morgan fingerprint density at radius 3 is 2.31 bits per heavy atom. The quantitative estimate of drug-likeness (QED) is 0.601. The maximum atomic E-state index is 12.4. The summed E-state index contributed by atoms with van der Waals surface area (Å²) in [6, 6.07) is 0.480. The van der Waals surface area contributed by atoms with E-state index in [1.807, 2.05) is 4.90 Å². The zero-order valence-corrected chi connectivity index (χ0v) is 15.9. The van der Waals surface area contributed by atoms with Crippen molar-refractivity contribution in [2.45, 2.75) is 95.7 Å². The number of ether oxygens (including phenoxy) is 1. The number of nitrogens with one attached hydrogen (secondary N) is 1. The van der Waals surface area contributed by atoms with E-state index in [-0.39, 0.29) is 30.3 Å². The molecule has 1 saturated heterocycles. The number of carbonyl (C=O) groups excluding carboxylic acids is 3. The average molecular weight is 364 g/mol. The molecule has 0 aromatic heterocycles. The summed E-state index contributed by atoms with van der Waals surface area (Å²) in [4.78, 5) is 38.9. The molecule has 0 aromatic rings. The second-order valence-electron chi connectivity index (χ2n) is 8.16. The molecule has 3 rings (SSSR count). The second kappa shape index (κ2) is 8.87. The average Bonchev–Trinajstić information content (AvgIpc) is 3.19. The van der Waals surface area contributed by atoms with Crippen molar-refractivity contribution in [1.82, 2.24) is 10.2 Å². The lowest BCUT2D eigenvalue weighted by molar-refractivity contribution is -0.158. The van der Waals surface area contributed by atoms with Crippen molar-refractivity contribution < 1.29 is 19.1 Å². The fourth-order valence-electron chi connectivity index (χ4n) is 4.52. The summed E-state index contributed by atoms with van der Waals surface area (Å²) in [5.74, 6) is -1.02. The van der Waals surface area contributed by atoms with Gasteiger partial charge in [-0.15, -0.1) is 0 Å². The Bertz CT molecular complexity index is 522. The van der Waals surface area contributed by atoms with E-state index in [9.17, 15) is 14.4 Å². The summed E-state index contributed by atoms with van der Waals surface area (Å²) in [5, 5.41) is 3.02. The number of amides is 2. The number of hydrogen-bond donors (Lipinski definition) is 1. The van der Waals surface area contributed by atoms with Gasteiger partial charge in [-0.2, -0.15) is 0 Å². The smallest absolute Gasteiger partial charge is 0.312 e. The standard InChI is InChI=1S/C20H32N2O4/c1-14(19(24)21-16-8-4-2-3-5-9-16)26-20(25)15-12-18(23)22(13-15)17-10-6-7-11-17/h14-17H,2-13H2,1H3,(H,21,24)/t14-,15-/m1/s1. The number of hydrogen-bond acceptors (Lipinski definition) is 4. The molecule has 146 valence electrons. The molecular weight excluding hydrogens is 332 g/mol. The van der Waals surface area contributed by atoms with Gasteiger partial charge in [-0.05, 0) is 32.6 Å². The van der Waals surface area contributed by atoms with Gasteiger partial charge in [0, 0.05) is 25.0 Å². The molecule has 6 nitrogen and oxygen atoms in total. The molecular formula is C20H32N2O4. The molecule has 26 heavy (non-hydrogen) atoms. The Morgan fingerprint density at radius 1 is 1.04 bits per heavy atom. The van der Waals surface area contributed by atoms with Gasteiger partial charge in [0.15, 0.2) is 6.10 Å². The number of rotatable bonds is 5. The zero-order chi connectivity index (χ0) is 18.5. The molecule has 0 aromatic carbocycles. The predicted octanol–water partition coefficient (Wildman–Crippen LogP) is 2.55. The summed E-state index contributed by atoms with van der Waals surface area (Å²) in [6.45, 7) is 2.06. The van der Waals surface area contributed by atoms with Gasteiger partial charge < -0.3 is 15.0 Å². The zero-order valence-electron chi connectivity index (χ0n) is 15.9. The van der Waals surface area contributed by atoms with Crippen molar-refractivity contribution in [3.8, 4) is 0 Å². The van der Waals surface area contributed by atoms with Crippen LogP contribution in [0.3, 0.4) is 0 Å². The molecule has 2 atom stereocenters. The van der Waals surface area contributed by atoms with E-state index in [0.29, 0.717) is 6.54 Å². The van der Waals surface area contributed by atoms with E-state index in [1.165, 1.54) is 12.8 Å². The highest BCUT2D eigenvalue weighted by Gasteiger charge is 2.40. The molecule has 6 heteroatoms. The predicted molar refractivity (Wildman–Crippen MR) is 97.3 cm³/mol. The van der Waals surface area contributed by atoms with Crippen LogP contribution in [-0.4, -0.2) is 47.4 Å². The van der Waals surface area contributed by atoms with Crippen molar-refractivity contribution in [2.24, 2.45) is 5.92 Å². The largest absolute Gasteiger partial charge is 0.452 e. The fraction of sp³-hybridized carbons (Fsp3) is 0.850. The van der Waals surface area contributed by atoms with Crippen LogP contribution in [0.25, 0.3) is 0 Å². The molecule has 0 bridgehead atoms. The van der Waals surface area contributed by atoms with Gasteiger partial charge in [0.25, 0.3) is 5.91 Å². The molecule has 1 aliphatic heterocycles. The third kappa shape index (κ3) is 4.77. The minimum Gasteiger partial charge on any atom is -0.452 e. The van der Waals surface area contributed by atoms with Gasteiger partial charge in [0.05, 0.1) is 5.92 Å². The van der Waals surface area contributed by atoms with Crippen LogP contribution in [-0.2, 0) is 19.1 Å². The SMILES string of the molecule is C[C@@H](OC(=O)[C@@H]1CC(=O)N(C2CCCC2)C1)C(=O)NC1CCCCCC1. The van der Waals surface area contributed by atoms with E-state index in [2.05, 4.69) is 5.32 Å². The van der Waals surface area contributed by atoms with Crippen LogP contribution in [0, 0.1) is 5.92 Å². The Hall–Kier alpha value is -1.59. The van der Waals surface area contributed by atoms with Crippen molar-refractivity contribution in [2.75, 3.05) is 6.54 Å². The van der Waals surface area contributed by atoms with Crippen LogP contribution in [0.2, 0.25) is 0 Å². The summed E-state index contributed by atoms with van der Waals surface area (Å²) >= 11 is 0. The van der Waals surface area contributed by atoms with Crippen LogP contribution >= 0.6 is 0 Å². The molecule has 1 N–H and O–H groups in total. The lowest BCUT2D eigenvalue weighted by Gasteiger charge is -2.24. The van der Waals surface area contributed by atoms with Crippen LogP contribution in [0.4, 0.5) is 0 Å². The summed E-state index contributed by atoms with van der Waals surface area (Å²) in [7, 11) is 0. The van der Waals surface area contributed by atoms with Gasteiger partial charge in [0.1, 0.15) is 0 Å². The van der Waals surface area contributed by atoms with Gasteiger partial charge in [-0.3, -0.25) is 14.4 Å². The molecule has 2 aliphatic carbocycles. The first-order valence-electron chi connectivity index (χ1n) is 10.3. The lowest BCUT2D eigenvalue weighted by atomic mass is 10.1. The monoisotopic (exact) mass is 364 g/mol. The number of carbonyl (C=O) groups is 3. The highest BCUT2D eigenvalue weighted by molar-refractivity contribution is 5.89. The lowest BCUT2D eigenvalue weighted by Crippen LogP contribution is -2.42. The number of likely N-dealkylation sites (tertiary alicyclic amines) is 1. The van der Waals surface area contributed by atoms with E-state index in [4.69, 9.17) is 4.74 Å². The minimum atomic E-state index is -0.804. The normalized spacial score (nSPS) is 26.6. The van der Waals surface area contributed by atoms with E-state index in [1.54, 1.807) is 6.92 Å². The van der Waals surface area contributed by atoms with E-state index in [0.717, 1.165) is 51.4 Å². The first kappa shape index (κ1) is 19.2. The third-order valence-electron chi connectivity index (χ3n) is 6.12. The third-order valence-corrected chi connectivity index (χ3v) is 6.12. The van der Waals surface area contributed by atoms with Gasteiger partial charge in [-0.25, -0.2) is 0 Å². The molecule has 0 spiro atoms. The van der Waals surface area contributed by atoms with E-state index < -0.39 is 18.0 Å². The molecule has 0 radical (unpaired) electrons. The van der Waals surface area contributed by atoms with E-state index >= 15 is 0 Å². The fourth-order valence-corrected chi connectivity index (χ4v) is 4.52. The summed E-state index contributed by atoms with van der Waals surface area (Å²) in [6.07, 6.45) is 10.5. The Kier molecular flexibility index (Phi) is 6.54. The van der Waals surface area contributed by atoms with Crippen molar-refractivity contribution in [3.05, 3.63) is 0 Å². The van der Waals surface area contributed by atoms with Gasteiger partial charge in [0.2, 0.25) is 5.91 Å². The Balaban J connectivity index is 1.46. The number of esters is 1. The molecule has 3 fully saturated rings. The van der Waals surface area contributed by atoms with Crippen LogP contribution < -0.4 is 5.32 Å². The first-order valence-corrected chi connectivity index (χ1v) is 10.3. The van der Waals surface area contributed by atoms with Crippen LogP contribution in [0.15, 0.2) is 0 Å². The molecule has 0 unspecified atom stereocenters. The molecule has 2 amide bonds. The van der Waals surface area contributed by atoms with Gasteiger partial charge >= 0.3 is 5.97 Å². The van der Waals surface area contributed by atoms with Crippen LogP contribution in [0.1, 0.15) is 77.6 Å². The highest BCUT2D eigenvalue weighted by atomic mass is 16.5.